The molecule has 0 aliphatic rings. The quantitative estimate of drug-likeness (QED) is 0.320. The molecule has 0 aromatic heterocycles. The highest BCUT2D eigenvalue weighted by molar-refractivity contribution is 7.99. The summed E-state index contributed by atoms with van der Waals surface area (Å²) in [5, 5.41) is 15.6. The highest BCUT2D eigenvalue weighted by Gasteiger charge is 2.16. The molecule has 4 amide bonds. The molecule has 4 N–H and O–H groups in total. The van der Waals surface area contributed by atoms with Gasteiger partial charge >= 0.3 is 12.0 Å². The van der Waals surface area contributed by atoms with E-state index in [4.69, 9.17) is 5.11 Å². The van der Waals surface area contributed by atoms with Crippen LogP contribution >= 0.6 is 11.8 Å². The first kappa shape index (κ1) is 18.2. The number of rotatable bonds is 10. The van der Waals surface area contributed by atoms with Crippen molar-refractivity contribution in [3.05, 3.63) is 0 Å². The summed E-state index contributed by atoms with van der Waals surface area (Å²) in [6.45, 7) is 2.38. The molecule has 0 bridgehead atoms. The van der Waals surface area contributed by atoms with E-state index in [1.165, 1.54) is 11.8 Å². The number of carboxylic acids is 1. The van der Waals surface area contributed by atoms with Gasteiger partial charge in [0.25, 0.3) is 0 Å². The Kier molecular flexibility index (Phi) is 10.1. The Bertz CT molecular complexity index is 351. The lowest BCUT2D eigenvalue weighted by molar-refractivity contribution is -0.140. The smallest absolute Gasteiger partial charge is 0.326 e. The van der Waals surface area contributed by atoms with Crippen molar-refractivity contribution in [1.29, 1.82) is 0 Å². The highest BCUT2D eigenvalue weighted by atomic mass is 32.2. The lowest BCUT2D eigenvalue weighted by atomic mass is 10.2. The molecule has 0 spiro atoms. The van der Waals surface area contributed by atoms with E-state index >= 15 is 0 Å². The number of carbonyl (C=O) groups excluding carboxylic acids is 3. The second kappa shape index (κ2) is 11.1. The second-order valence-electron chi connectivity index (χ2n) is 3.82. The predicted molar refractivity (Wildman–Crippen MR) is 74.4 cm³/mol. The molecule has 0 rings (SSSR count). The third-order valence-electron chi connectivity index (χ3n) is 2.14. The Labute approximate surface area is 121 Å². The van der Waals surface area contributed by atoms with Crippen molar-refractivity contribution in [3.63, 3.8) is 0 Å². The molecule has 9 heteroatoms. The van der Waals surface area contributed by atoms with Crippen molar-refractivity contribution < 1.29 is 24.3 Å². The molecule has 0 saturated carbocycles. The number of thioether (sulfide) groups is 1. The number of hydrogen-bond donors (Lipinski definition) is 4. The topological polar surface area (TPSA) is 125 Å². The minimum Gasteiger partial charge on any atom is -0.480 e. The van der Waals surface area contributed by atoms with E-state index in [0.29, 0.717) is 18.7 Å². The minimum absolute atomic E-state index is 0.0486. The fourth-order valence-corrected chi connectivity index (χ4v) is 1.98. The predicted octanol–water partition coefficient (Wildman–Crippen LogP) is -0.455. The normalized spacial score (nSPS) is 11.2. The van der Waals surface area contributed by atoms with Crippen molar-refractivity contribution in [1.82, 2.24) is 16.0 Å². The Balaban J connectivity index is 3.77. The van der Waals surface area contributed by atoms with Crippen LogP contribution in [0.1, 0.15) is 19.8 Å². The van der Waals surface area contributed by atoms with Gasteiger partial charge in [-0.3, -0.25) is 14.9 Å². The number of amides is 4. The molecule has 0 radical (unpaired) electrons. The molecule has 114 valence electrons. The average molecular weight is 305 g/mol. The van der Waals surface area contributed by atoms with Crippen LogP contribution in [0.25, 0.3) is 0 Å². The Morgan fingerprint density at radius 1 is 1.35 bits per heavy atom. The first-order valence-corrected chi connectivity index (χ1v) is 7.24. The van der Waals surface area contributed by atoms with Crippen molar-refractivity contribution in [2.24, 2.45) is 0 Å². The van der Waals surface area contributed by atoms with Gasteiger partial charge in [-0.2, -0.15) is 11.8 Å². The Hall–Kier alpha value is -1.77. The SMILES string of the molecule is CCCNC(=O)NC(=O)CSCCC(NC=O)C(=O)O. The molecule has 0 aliphatic heterocycles. The minimum atomic E-state index is -1.12. The van der Waals surface area contributed by atoms with Gasteiger partial charge in [-0.15, -0.1) is 0 Å². The zero-order valence-corrected chi connectivity index (χ0v) is 12.0. The lowest BCUT2D eigenvalue weighted by Crippen LogP contribution is -2.40. The molecule has 0 aromatic carbocycles. The van der Waals surface area contributed by atoms with Gasteiger partial charge < -0.3 is 15.7 Å². The van der Waals surface area contributed by atoms with Crippen LogP contribution in [-0.2, 0) is 14.4 Å². The van der Waals surface area contributed by atoms with E-state index in [-0.39, 0.29) is 12.2 Å². The molecule has 1 unspecified atom stereocenters. The maximum absolute atomic E-state index is 11.3. The number of urea groups is 1. The zero-order chi connectivity index (χ0) is 15.4. The number of imide groups is 1. The first-order valence-electron chi connectivity index (χ1n) is 6.09. The molecule has 0 heterocycles. The Morgan fingerprint density at radius 3 is 2.60 bits per heavy atom. The van der Waals surface area contributed by atoms with Gasteiger partial charge in [0.1, 0.15) is 6.04 Å². The van der Waals surface area contributed by atoms with Crippen LogP contribution < -0.4 is 16.0 Å². The molecule has 20 heavy (non-hydrogen) atoms. The van der Waals surface area contributed by atoms with E-state index in [9.17, 15) is 19.2 Å². The zero-order valence-electron chi connectivity index (χ0n) is 11.2. The van der Waals surface area contributed by atoms with E-state index < -0.39 is 23.9 Å². The first-order chi connectivity index (χ1) is 9.51. The lowest BCUT2D eigenvalue weighted by Gasteiger charge is -2.10. The van der Waals surface area contributed by atoms with Crippen LogP contribution in [-0.4, -0.2) is 53.5 Å². The average Bonchev–Trinajstić information content (AvgIpc) is 2.39. The second-order valence-corrected chi connectivity index (χ2v) is 4.93. The highest BCUT2D eigenvalue weighted by Crippen LogP contribution is 2.04. The van der Waals surface area contributed by atoms with E-state index in [2.05, 4.69) is 16.0 Å². The summed E-state index contributed by atoms with van der Waals surface area (Å²) in [6.07, 6.45) is 1.30. The number of carbonyl (C=O) groups is 4. The van der Waals surface area contributed by atoms with Gasteiger partial charge in [-0.1, -0.05) is 6.92 Å². The van der Waals surface area contributed by atoms with Gasteiger partial charge in [0.2, 0.25) is 12.3 Å². The van der Waals surface area contributed by atoms with Crippen molar-refractivity contribution in [3.8, 4) is 0 Å². The molecule has 8 nitrogen and oxygen atoms in total. The molecular weight excluding hydrogens is 286 g/mol. The maximum Gasteiger partial charge on any atom is 0.326 e. The summed E-state index contributed by atoms with van der Waals surface area (Å²) in [5.74, 6) is -1.14. The van der Waals surface area contributed by atoms with E-state index in [1.807, 2.05) is 6.92 Å². The van der Waals surface area contributed by atoms with Gasteiger partial charge in [-0.25, -0.2) is 9.59 Å². The summed E-state index contributed by atoms with van der Waals surface area (Å²) in [6, 6.07) is -1.50. The van der Waals surface area contributed by atoms with E-state index in [1.54, 1.807) is 0 Å². The summed E-state index contributed by atoms with van der Waals surface area (Å²) >= 11 is 1.19. The van der Waals surface area contributed by atoms with Crippen LogP contribution in [0.2, 0.25) is 0 Å². The number of hydrogen-bond acceptors (Lipinski definition) is 5. The van der Waals surface area contributed by atoms with E-state index in [0.717, 1.165) is 6.42 Å². The van der Waals surface area contributed by atoms with Gasteiger partial charge in [0, 0.05) is 6.54 Å². The summed E-state index contributed by atoms with van der Waals surface area (Å²) in [4.78, 5) is 43.4. The Morgan fingerprint density at radius 2 is 2.05 bits per heavy atom. The molecule has 0 saturated heterocycles. The molecular formula is C11H19N3O5S. The third-order valence-corrected chi connectivity index (χ3v) is 3.13. The van der Waals surface area contributed by atoms with Crippen LogP contribution in [0.5, 0.6) is 0 Å². The summed E-state index contributed by atoms with van der Waals surface area (Å²) in [5.41, 5.74) is 0. The van der Waals surface area contributed by atoms with Crippen LogP contribution in [0.15, 0.2) is 0 Å². The van der Waals surface area contributed by atoms with Crippen molar-refractivity contribution in [2.45, 2.75) is 25.8 Å². The summed E-state index contributed by atoms with van der Waals surface area (Å²) in [7, 11) is 0. The fourth-order valence-electron chi connectivity index (χ4n) is 1.17. The van der Waals surface area contributed by atoms with Crippen LogP contribution in [0, 0.1) is 0 Å². The number of aliphatic carboxylic acids is 1. The summed E-state index contributed by atoms with van der Waals surface area (Å²) < 4.78 is 0. The van der Waals surface area contributed by atoms with Crippen LogP contribution in [0.3, 0.4) is 0 Å². The molecule has 0 aromatic rings. The largest absolute Gasteiger partial charge is 0.480 e. The number of nitrogens with one attached hydrogen (secondary N) is 3. The molecule has 0 fully saturated rings. The molecule has 1 atom stereocenters. The number of carboxylic acid groups (broad SMARTS) is 1. The van der Waals surface area contributed by atoms with Gasteiger partial charge in [0.15, 0.2) is 0 Å². The molecule has 0 aliphatic carbocycles. The van der Waals surface area contributed by atoms with Crippen molar-refractivity contribution >= 4 is 36.1 Å². The van der Waals surface area contributed by atoms with Gasteiger partial charge in [0.05, 0.1) is 5.75 Å². The monoisotopic (exact) mass is 305 g/mol. The standard InChI is InChI=1S/C11H19N3O5S/c1-2-4-12-11(19)14-9(16)6-20-5-3-8(10(17)18)13-7-15/h7-8H,2-6H2,1H3,(H,13,15)(H,17,18)(H2,12,14,16,19). The van der Waals surface area contributed by atoms with Crippen molar-refractivity contribution in [2.75, 3.05) is 18.1 Å². The third kappa shape index (κ3) is 9.20. The maximum atomic E-state index is 11.3. The fraction of sp³-hybridized carbons (Fsp3) is 0.636. The van der Waals surface area contributed by atoms with Gasteiger partial charge in [-0.05, 0) is 18.6 Å². The van der Waals surface area contributed by atoms with Crippen LogP contribution in [0.4, 0.5) is 4.79 Å².